The molecule has 0 bridgehead atoms. The lowest BCUT2D eigenvalue weighted by Gasteiger charge is -2.27. The number of aliphatic hydroxyl groups is 1. The van der Waals surface area contributed by atoms with Crippen LogP contribution in [-0.4, -0.2) is 12.2 Å². The van der Waals surface area contributed by atoms with Crippen LogP contribution < -0.4 is 4.74 Å². The molecule has 0 saturated heterocycles. The van der Waals surface area contributed by atoms with Crippen molar-refractivity contribution in [3.05, 3.63) is 29.6 Å². The van der Waals surface area contributed by atoms with Crippen LogP contribution >= 0.6 is 0 Å². The quantitative estimate of drug-likeness (QED) is 0.874. The molecular weight excluding hydrogens is 219 g/mol. The Kier molecular flexibility index (Phi) is 4.00. The van der Waals surface area contributed by atoms with Gasteiger partial charge in [0, 0.05) is 11.6 Å². The molecule has 1 aliphatic carbocycles. The van der Waals surface area contributed by atoms with E-state index in [4.69, 9.17) is 4.74 Å². The molecule has 0 radical (unpaired) electrons. The second-order valence-electron chi connectivity index (χ2n) is 4.73. The van der Waals surface area contributed by atoms with Gasteiger partial charge in [-0.15, -0.1) is 0 Å². The third-order valence-electron chi connectivity index (χ3n) is 3.61. The molecule has 1 aliphatic rings. The average Bonchev–Trinajstić information content (AvgIpc) is 2.39. The van der Waals surface area contributed by atoms with E-state index in [1.165, 1.54) is 38.5 Å². The van der Waals surface area contributed by atoms with Crippen molar-refractivity contribution in [1.82, 2.24) is 0 Å². The van der Waals surface area contributed by atoms with Gasteiger partial charge in [-0.25, -0.2) is 4.39 Å². The minimum atomic E-state index is -0.536. The van der Waals surface area contributed by atoms with Crippen molar-refractivity contribution >= 4 is 0 Å². The zero-order valence-corrected chi connectivity index (χ0v) is 10.2. The van der Waals surface area contributed by atoms with Crippen LogP contribution in [0.3, 0.4) is 0 Å². The molecule has 2 nitrogen and oxygen atoms in total. The average molecular weight is 238 g/mol. The maximum Gasteiger partial charge on any atom is 0.127 e. The third-order valence-corrected chi connectivity index (χ3v) is 3.61. The first-order chi connectivity index (χ1) is 8.22. The standard InChI is InChI=1S/C14H19FO2/c1-17-13-9-11(15)7-8-12(13)14(16)10-5-3-2-4-6-10/h7-10,14,16H,2-6H2,1H3. The smallest absolute Gasteiger partial charge is 0.127 e. The summed E-state index contributed by atoms with van der Waals surface area (Å²) in [6.45, 7) is 0. The van der Waals surface area contributed by atoms with Crippen LogP contribution in [0.4, 0.5) is 4.39 Å². The highest BCUT2D eigenvalue weighted by molar-refractivity contribution is 5.36. The maximum atomic E-state index is 13.1. The van der Waals surface area contributed by atoms with E-state index in [0.717, 1.165) is 12.8 Å². The fraction of sp³-hybridized carbons (Fsp3) is 0.571. The zero-order chi connectivity index (χ0) is 12.3. The largest absolute Gasteiger partial charge is 0.496 e. The summed E-state index contributed by atoms with van der Waals surface area (Å²) in [6.07, 6.45) is 5.15. The Morgan fingerprint density at radius 3 is 2.65 bits per heavy atom. The normalized spacial score (nSPS) is 19.0. The zero-order valence-electron chi connectivity index (χ0n) is 10.2. The van der Waals surface area contributed by atoms with Gasteiger partial charge in [-0.1, -0.05) is 19.3 Å². The highest BCUT2D eigenvalue weighted by Gasteiger charge is 2.25. The van der Waals surface area contributed by atoms with Gasteiger partial charge in [0.1, 0.15) is 11.6 Å². The highest BCUT2D eigenvalue weighted by atomic mass is 19.1. The van der Waals surface area contributed by atoms with Gasteiger partial charge >= 0.3 is 0 Å². The molecule has 0 amide bonds. The number of halogens is 1. The molecule has 1 fully saturated rings. The minimum Gasteiger partial charge on any atom is -0.496 e. The molecule has 1 N–H and O–H groups in total. The van der Waals surface area contributed by atoms with Crippen molar-refractivity contribution in [2.24, 2.45) is 5.92 Å². The topological polar surface area (TPSA) is 29.5 Å². The molecule has 1 saturated carbocycles. The molecule has 3 heteroatoms. The van der Waals surface area contributed by atoms with Gasteiger partial charge in [-0.3, -0.25) is 0 Å². The molecule has 0 spiro atoms. The number of rotatable bonds is 3. The monoisotopic (exact) mass is 238 g/mol. The van der Waals surface area contributed by atoms with Crippen LogP contribution in [0.25, 0.3) is 0 Å². The summed E-state index contributed by atoms with van der Waals surface area (Å²) in [5.41, 5.74) is 0.709. The molecule has 0 aliphatic heterocycles. The second kappa shape index (κ2) is 5.50. The van der Waals surface area contributed by atoms with E-state index in [-0.39, 0.29) is 11.7 Å². The summed E-state index contributed by atoms with van der Waals surface area (Å²) >= 11 is 0. The maximum absolute atomic E-state index is 13.1. The molecule has 1 atom stereocenters. The molecular formula is C14H19FO2. The van der Waals surface area contributed by atoms with E-state index in [1.54, 1.807) is 6.07 Å². The minimum absolute atomic E-state index is 0.281. The Morgan fingerprint density at radius 2 is 2.00 bits per heavy atom. The Bertz CT molecular complexity index is 372. The lowest BCUT2D eigenvalue weighted by molar-refractivity contribution is 0.0824. The lowest BCUT2D eigenvalue weighted by Crippen LogP contribution is -2.16. The predicted octanol–water partition coefficient (Wildman–Crippen LogP) is 3.45. The first kappa shape index (κ1) is 12.4. The first-order valence-corrected chi connectivity index (χ1v) is 6.24. The summed E-state index contributed by atoms with van der Waals surface area (Å²) in [4.78, 5) is 0. The molecule has 0 heterocycles. The Hall–Kier alpha value is -1.09. The molecule has 1 unspecified atom stereocenters. The molecule has 0 aromatic heterocycles. The molecule has 1 aromatic carbocycles. The Balaban J connectivity index is 2.19. The van der Waals surface area contributed by atoms with E-state index in [1.807, 2.05) is 0 Å². The van der Waals surface area contributed by atoms with Gasteiger partial charge < -0.3 is 9.84 Å². The highest BCUT2D eigenvalue weighted by Crippen LogP contribution is 2.37. The fourth-order valence-electron chi connectivity index (χ4n) is 2.63. The van der Waals surface area contributed by atoms with Crippen LogP contribution in [0.5, 0.6) is 5.75 Å². The third kappa shape index (κ3) is 2.78. The Morgan fingerprint density at radius 1 is 1.29 bits per heavy atom. The van der Waals surface area contributed by atoms with Gasteiger partial charge in [-0.2, -0.15) is 0 Å². The summed E-state index contributed by atoms with van der Waals surface area (Å²) in [7, 11) is 1.51. The van der Waals surface area contributed by atoms with E-state index in [0.29, 0.717) is 11.3 Å². The van der Waals surface area contributed by atoms with Crippen LogP contribution in [0.1, 0.15) is 43.8 Å². The number of methoxy groups -OCH3 is 1. The summed E-state index contributed by atoms with van der Waals surface area (Å²) in [5.74, 6) is 0.396. The van der Waals surface area contributed by atoms with Gasteiger partial charge in [-0.05, 0) is 30.9 Å². The number of benzene rings is 1. The SMILES string of the molecule is COc1cc(F)ccc1C(O)C1CCCCC1. The van der Waals surface area contributed by atoms with Gasteiger partial charge in [0.15, 0.2) is 0 Å². The predicted molar refractivity (Wildman–Crippen MR) is 64.5 cm³/mol. The van der Waals surface area contributed by atoms with Crippen molar-refractivity contribution in [3.63, 3.8) is 0 Å². The van der Waals surface area contributed by atoms with Crippen LogP contribution in [-0.2, 0) is 0 Å². The molecule has 17 heavy (non-hydrogen) atoms. The van der Waals surface area contributed by atoms with E-state index in [2.05, 4.69) is 0 Å². The van der Waals surface area contributed by atoms with Gasteiger partial charge in [0.25, 0.3) is 0 Å². The van der Waals surface area contributed by atoms with Crippen molar-refractivity contribution < 1.29 is 14.2 Å². The van der Waals surface area contributed by atoms with Crippen molar-refractivity contribution in [2.45, 2.75) is 38.2 Å². The van der Waals surface area contributed by atoms with Crippen LogP contribution in [0, 0.1) is 11.7 Å². The van der Waals surface area contributed by atoms with Crippen molar-refractivity contribution in [3.8, 4) is 5.75 Å². The van der Waals surface area contributed by atoms with Crippen molar-refractivity contribution in [1.29, 1.82) is 0 Å². The molecule has 1 aromatic rings. The van der Waals surface area contributed by atoms with Crippen LogP contribution in [0.2, 0.25) is 0 Å². The first-order valence-electron chi connectivity index (χ1n) is 6.24. The number of aliphatic hydroxyl groups excluding tert-OH is 1. The second-order valence-corrected chi connectivity index (χ2v) is 4.73. The summed E-state index contributed by atoms with van der Waals surface area (Å²) in [6, 6.07) is 4.35. The Labute approximate surface area is 101 Å². The summed E-state index contributed by atoms with van der Waals surface area (Å²) in [5, 5.41) is 10.3. The van der Waals surface area contributed by atoms with Gasteiger partial charge in [0.2, 0.25) is 0 Å². The fourth-order valence-corrected chi connectivity index (χ4v) is 2.63. The number of ether oxygens (including phenoxy) is 1. The number of hydrogen-bond donors (Lipinski definition) is 1. The summed E-state index contributed by atoms with van der Waals surface area (Å²) < 4.78 is 18.2. The lowest BCUT2D eigenvalue weighted by atomic mass is 9.82. The van der Waals surface area contributed by atoms with E-state index in [9.17, 15) is 9.50 Å². The van der Waals surface area contributed by atoms with E-state index >= 15 is 0 Å². The molecule has 2 rings (SSSR count). The van der Waals surface area contributed by atoms with Gasteiger partial charge in [0.05, 0.1) is 13.2 Å². The molecule has 94 valence electrons. The van der Waals surface area contributed by atoms with E-state index < -0.39 is 6.10 Å². The van der Waals surface area contributed by atoms with Crippen LogP contribution in [0.15, 0.2) is 18.2 Å². The number of hydrogen-bond acceptors (Lipinski definition) is 2. The van der Waals surface area contributed by atoms with Crippen molar-refractivity contribution in [2.75, 3.05) is 7.11 Å².